The first-order valence-corrected chi connectivity index (χ1v) is 51.1. The van der Waals surface area contributed by atoms with Gasteiger partial charge in [-0.25, -0.2) is 4.79 Å². The number of nitrogens with one attached hydrogen (secondary N) is 9. The standard InChI is InChI=1S/C95H110Cl2N10O41P2/c1-37(2)10-7-5-4-6-8-11-64(115)101-74-80(122)76(118)61(34-108)144-93(74)148-84-59-29-44-30-60(84)142-56-21-17-42(27-51(56)97)83(147-92-73(99-38(3)110)79(121)78(120)63(146-92)36-139-66(117)13-9-12-65(116)102-95(149(133,134)135)150(136,137)138)75-90(130)106-72(91(131)132)49-32-46(112)33-58(143-94-82(124)81(123)77(119)62(35-109)145-94)67(49)48-26-41(16-18-53(48)113)69(87(127)107-75)104-89(129)71(44)105-88(128)70-43-24-45(111)31-47(25-43)140-57-28-40(15-19-54(57)114)68(98)86(126)100-52(85(125)103-70)23-39-14-20-55(141-59)50(96)22-39/h14-22,24-33,37,52,61-63,68-83,92-95,108-109,111-114,118-124H,4-13,23,34-36,98H2,1-3H3,(H,99,110)(H,100,126)(H,101,115)(H,102,116)(H,103,125)(H,104,129)(H,105,128)(H,106,130)(H,107,127)(H,131,132)(H2,133,134,135)(H2,136,137,138)/t52-,61-,62-,63-,68-,69-,70+,71-,72-,73-,74-,75+,76-,77-,78-,79-,80-,81+,82+,83-,92+,93+,94+/m1/s1. The number of ether oxygens (including phenoxy) is 10. The van der Waals surface area contributed by atoms with Gasteiger partial charge in [0.15, 0.2) is 35.3 Å². The Bertz CT molecular complexity index is 6360. The molecule has 9 aliphatic rings. The predicted octanol–water partition coefficient (Wildman–Crippen LogP) is 0.886. The van der Waals surface area contributed by atoms with E-state index in [2.05, 4.69) is 56.4 Å². The number of halogens is 2. The van der Waals surface area contributed by atoms with Crippen LogP contribution < -0.4 is 77.3 Å². The number of aromatic hydroxyl groups is 4. The summed E-state index contributed by atoms with van der Waals surface area (Å²) in [4.78, 5) is 205. The minimum absolute atomic E-state index is 0.00636. The second kappa shape index (κ2) is 47.8. The van der Waals surface area contributed by atoms with Crippen molar-refractivity contribution in [2.75, 3.05) is 19.8 Å². The maximum absolute atomic E-state index is 17.2. The van der Waals surface area contributed by atoms with Gasteiger partial charge in [-0.1, -0.05) is 93.4 Å². The number of unbranched alkanes of at least 4 members (excludes halogenated alkanes) is 4. The summed E-state index contributed by atoms with van der Waals surface area (Å²) in [5, 5.41) is 183. The Balaban J connectivity index is 0.999. The van der Waals surface area contributed by atoms with Crippen LogP contribution in [0.3, 0.4) is 0 Å². The molecular weight excluding hydrogens is 2070 g/mol. The number of rotatable bonds is 28. The van der Waals surface area contributed by atoms with E-state index in [9.17, 15) is 129 Å². The number of phenols is 4. The highest BCUT2D eigenvalue weighted by Crippen LogP contribution is 2.59. The third-order valence-corrected chi connectivity index (χ3v) is 29.5. The molecule has 3 saturated heterocycles. The molecule has 810 valence electrons. The molecule has 16 rings (SSSR count). The van der Waals surface area contributed by atoms with Crippen LogP contribution in [0, 0.1) is 5.92 Å². The number of carbonyl (C=O) groups is 11. The monoisotopic (exact) mass is 2180 g/mol. The van der Waals surface area contributed by atoms with Crippen molar-refractivity contribution in [2.45, 2.75) is 237 Å². The number of nitrogens with two attached hydrogens (primary N) is 1. The van der Waals surface area contributed by atoms with E-state index in [-0.39, 0.29) is 22.6 Å². The summed E-state index contributed by atoms with van der Waals surface area (Å²) in [6.07, 6.45) is -29.2. The van der Waals surface area contributed by atoms with Crippen LogP contribution in [0.25, 0.3) is 11.1 Å². The zero-order valence-electron chi connectivity index (χ0n) is 79.5. The van der Waals surface area contributed by atoms with Crippen LogP contribution in [-0.2, 0) is 92.0 Å². The molecule has 51 nitrogen and oxygen atoms in total. The molecule has 0 aliphatic carbocycles. The number of fused-ring (bicyclic) bond motifs is 14. The first kappa shape index (κ1) is 113. The van der Waals surface area contributed by atoms with Gasteiger partial charge in [0.05, 0.1) is 23.3 Å². The Morgan fingerprint density at radius 3 is 1.69 bits per heavy atom. The van der Waals surface area contributed by atoms with Gasteiger partial charge >= 0.3 is 27.1 Å². The van der Waals surface area contributed by atoms with Crippen molar-refractivity contribution in [3.05, 3.63) is 164 Å². The van der Waals surface area contributed by atoms with Crippen LogP contribution in [0.1, 0.15) is 160 Å². The average Bonchev–Trinajstić information content (AvgIpc) is 0.754. The first-order valence-electron chi connectivity index (χ1n) is 47.0. The zero-order chi connectivity index (χ0) is 109. The van der Waals surface area contributed by atoms with Crippen LogP contribution in [0.15, 0.2) is 115 Å². The van der Waals surface area contributed by atoms with Crippen LogP contribution in [0.4, 0.5) is 0 Å². The molecule has 0 spiro atoms. The number of benzene rings is 7. The first-order chi connectivity index (χ1) is 70.9. The minimum Gasteiger partial charge on any atom is -0.508 e. The minimum atomic E-state index is -5.72. The highest BCUT2D eigenvalue weighted by atomic mass is 35.5. The molecule has 0 saturated carbocycles. The number of carboxylic acid groups (broad SMARTS) is 1. The second-order valence-corrected chi connectivity index (χ2v) is 41.6. The number of carboxylic acids is 1. The van der Waals surface area contributed by atoms with E-state index in [1.807, 2.05) is 0 Å². The molecule has 7 aromatic rings. The second-order valence-electron chi connectivity index (χ2n) is 37.0. The molecule has 29 N–H and O–H groups in total. The zero-order valence-corrected chi connectivity index (χ0v) is 82.8. The lowest BCUT2D eigenvalue weighted by molar-refractivity contribution is -0.285. The van der Waals surface area contributed by atoms with Gasteiger partial charge in [-0.15, -0.1) is 0 Å². The number of aliphatic carboxylic acids is 1. The molecule has 17 bridgehead atoms. The van der Waals surface area contributed by atoms with E-state index >= 15 is 24.0 Å². The quantitative estimate of drug-likeness (QED) is 0.0184. The normalized spacial score (nSPS) is 27.0. The SMILES string of the molecule is CC(=O)N[C@H]1[C@H](O[C@@H]2c3ccc(c(Cl)c3)Oc3cc4cc(c3O[C@@H]3O[C@H](CO)[C@@H](O)[C@H](O)[C@H]3NC(=O)CCCCCCCC(C)C)Oc3ccc(cc3Cl)C[C@H]3NC(=O)[C@H](N)c5ccc(O)c(c5)Oc5cc(O)cc(c5)[C@H](NC3=O)C(=O)N[C@H]4C(=O)N[C@H]3C(=O)N[C@@H]2C(=O)N[C@@H](C(=O)O)c2cc(O)cc(O[C@H]4O[C@H](CO)[C@@H](O)[C@H](O)[C@@H]4O)c2-c2cc3ccc2O)O[C@H](COC(=O)CCCC(=O)NC(P(=O)(O)O)P(=O)(O)O)[C@@H](O)[C@@H]1O. The summed E-state index contributed by atoms with van der Waals surface area (Å²) in [7, 11) is -11.4. The third kappa shape index (κ3) is 26.3. The fourth-order valence-corrected chi connectivity index (χ4v) is 20.5. The average molecular weight is 2180 g/mol. The summed E-state index contributed by atoms with van der Waals surface area (Å²) < 4.78 is 87.2. The molecule has 9 heterocycles. The van der Waals surface area contributed by atoms with Gasteiger partial charge in [0.1, 0.15) is 162 Å². The number of amides is 9. The van der Waals surface area contributed by atoms with Crippen molar-refractivity contribution in [3.63, 3.8) is 0 Å². The number of aliphatic hydroxyl groups is 9. The molecule has 0 aromatic heterocycles. The summed E-state index contributed by atoms with van der Waals surface area (Å²) in [5.41, 5.74) is -0.828. The van der Waals surface area contributed by atoms with Crippen molar-refractivity contribution in [1.29, 1.82) is 0 Å². The van der Waals surface area contributed by atoms with Gasteiger partial charge < -0.3 is 192 Å². The lowest BCUT2D eigenvalue weighted by Gasteiger charge is -2.44. The van der Waals surface area contributed by atoms with E-state index < -0.39 is 385 Å². The predicted molar refractivity (Wildman–Crippen MR) is 511 cm³/mol. The Kier molecular flexibility index (Phi) is 36.0. The highest BCUT2D eigenvalue weighted by Gasteiger charge is 2.54. The highest BCUT2D eigenvalue weighted by molar-refractivity contribution is 7.70. The number of hydrogen-bond donors (Lipinski definition) is 28. The largest absolute Gasteiger partial charge is 0.508 e. The lowest BCUT2D eigenvalue weighted by Crippen LogP contribution is -2.65. The molecule has 9 aliphatic heterocycles. The Labute approximate surface area is 860 Å². The van der Waals surface area contributed by atoms with E-state index in [0.29, 0.717) is 24.8 Å². The molecule has 9 amide bonds. The molecule has 7 aromatic carbocycles. The van der Waals surface area contributed by atoms with E-state index in [4.69, 9.17) is 76.3 Å². The van der Waals surface area contributed by atoms with Crippen molar-refractivity contribution < 1.29 is 200 Å². The topological polar surface area (TPSA) is 813 Å². The number of hydrogen-bond acceptors (Lipinski definition) is 37. The molecular formula is C95H110Cl2N10O41P2. The smallest absolute Gasteiger partial charge is 0.360 e. The summed E-state index contributed by atoms with van der Waals surface area (Å²) in [6, 6.07) is -1.19. The van der Waals surface area contributed by atoms with Crippen molar-refractivity contribution in [3.8, 4) is 80.1 Å². The van der Waals surface area contributed by atoms with Crippen molar-refractivity contribution in [2.24, 2.45) is 11.7 Å². The van der Waals surface area contributed by atoms with Gasteiger partial charge in [-0.3, -0.25) is 57.1 Å². The Morgan fingerprint density at radius 1 is 0.500 bits per heavy atom. The fraction of sp³-hybridized carbons (Fsp3) is 0.442. The maximum atomic E-state index is 17.2. The fourth-order valence-electron chi connectivity index (χ4n) is 17.9. The maximum Gasteiger partial charge on any atom is 0.360 e. The number of phenolic OH excluding ortho intramolecular Hbond substituents is 4. The van der Waals surface area contributed by atoms with E-state index in [0.717, 1.165) is 118 Å². The third-order valence-electron chi connectivity index (χ3n) is 25.6. The van der Waals surface area contributed by atoms with Crippen LogP contribution in [-0.4, -0.2) is 286 Å². The molecule has 0 radical (unpaired) electrons. The van der Waals surface area contributed by atoms with Gasteiger partial charge in [0.25, 0.3) is 0 Å². The molecule has 55 heteroatoms. The van der Waals surface area contributed by atoms with Gasteiger partial charge in [-0.2, -0.15) is 0 Å². The van der Waals surface area contributed by atoms with Gasteiger partial charge in [-0.05, 0) is 131 Å². The van der Waals surface area contributed by atoms with Crippen molar-refractivity contribution in [1.82, 2.24) is 47.9 Å². The number of aliphatic hydroxyl groups excluding tert-OH is 9. The lowest BCUT2D eigenvalue weighted by atomic mass is 9.89. The van der Waals surface area contributed by atoms with Crippen molar-refractivity contribution >= 4 is 103 Å². The summed E-state index contributed by atoms with van der Waals surface area (Å²) in [6.45, 7) is 1.73. The number of esters is 1. The number of carbonyl (C=O) groups excluding carboxylic acids is 10. The van der Waals surface area contributed by atoms with Crippen LogP contribution in [0.5, 0.6) is 69.0 Å². The molecule has 3 fully saturated rings. The summed E-state index contributed by atoms with van der Waals surface area (Å²) >= 11 is 14.8. The van der Waals surface area contributed by atoms with E-state index in [1.165, 1.54) is 29.6 Å². The molecule has 0 unspecified atom stereocenters. The molecule has 150 heavy (non-hydrogen) atoms. The molecule has 23 atom stereocenters. The van der Waals surface area contributed by atoms with E-state index in [1.54, 1.807) is 0 Å². The van der Waals surface area contributed by atoms with Crippen LogP contribution >= 0.6 is 38.4 Å². The van der Waals surface area contributed by atoms with Gasteiger partial charge in [0.2, 0.25) is 77.0 Å². The summed E-state index contributed by atoms with van der Waals surface area (Å²) in [5.74, 6) is -23.2. The van der Waals surface area contributed by atoms with Crippen LogP contribution in [0.2, 0.25) is 10.0 Å². The Morgan fingerprint density at radius 2 is 1.05 bits per heavy atom. The van der Waals surface area contributed by atoms with Gasteiger partial charge in [0, 0.05) is 61.4 Å². The Hall–Kier alpha value is -12.8.